The Morgan fingerprint density at radius 1 is 0.957 bits per heavy atom. The van der Waals surface area contributed by atoms with E-state index in [1.54, 1.807) is 6.08 Å². The molecule has 0 bridgehead atoms. The number of aliphatic imine (C=N–C) groups is 1. The van der Waals surface area contributed by atoms with Crippen molar-refractivity contribution in [2.75, 3.05) is 0 Å². The van der Waals surface area contributed by atoms with Crippen molar-refractivity contribution in [2.45, 2.75) is 19.1 Å². The molecule has 3 aromatic rings. The lowest BCUT2D eigenvalue weighted by Crippen LogP contribution is -2.30. The van der Waals surface area contributed by atoms with Crippen LogP contribution in [0.1, 0.15) is 18.9 Å². The van der Waals surface area contributed by atoms with E-state index in [9.17, 15) is 4.79 Å². The van der Waals surface area contributed by atoms with E-state index in [-0.39, 0.29) is 0 Å². The summed E-state index contributed by atoms with van der Waals surface area (Å²) in [5, 5.41) is 2.22. The molecule has 0 fully saturated rings. The van der Waals surface area contributed by atoms with Gasteiger partial charge in [0.05, 0.1) is 0 Å². The van der Waals surface area contributed by atoms with Crippen LogP contribution in [0.5, 0.6) is 5.75 Å². The molecule has 1 atom stereocenters. The molecule has 0 N–H and O–H groups in total. The van der Waals surface area contributed by atoms with Crippen LogP contribution in [0.15, 0.2) is 77.8 Å². The quantitative estimate of drug-likeness (QED) is 0.501. The first-order valence-electron chi connectivity index (χ1n) is 7.60. The predicted molar refractivity (Wildman–Crippen MR) is 91.1 cm³/mol. The molecule has 1 unspecified atom stereocenters. The molecule has 0 aliphatic rings. The van der Waals surface area contributed by atoms with Crippen LogP contribution in [0.2, 0.25) is 0 Å². The normalized spacial score (nSPS) is 13.1. The summed E-state index contributed by atoms with van der Waals surface area (Å²) in [5.74, 6) is 0.674. The molecule has 0 aliphatic carbocycles. The minimum atomic E-state index is -1.05. The summed E-state index contributed by atoms with van der Waals surface area (Å²) >= 11 is 0. The summed E-state index contributed by atoms with van der Waals surface area (Å²) in [4.78, 5) is 15.0. The second-order valence-corrected chi connectivity index (χ2v) is 5.32. The van der Waals surface area contributed by atoms with Gasteiger partial charge in [0.15, 0.2) is 0 Å². The highest BCUT2D eigenvalue weighted by molar-refractivity contribution is 5.83. The van der Waals surface area contributed by atoms with Gasteiger partial charge in [-0.25, -0.2) is 4.79 Å². The lowest BCUT2D eigenvalue weighted by Gasteiger charge is -2.28. The first kappa shape index (κ1) is 15.0. The predicted octanol–water partition coefficient (Wildman–Crippen LogP) is 4.82. The van der Waals surface area contributed by atoms with Gasteiger partial charge in [0.1, 0.15) is 5.75 Å². The monoisotopic (exact) mass is 303 g/mol. The van der Waals surface area contributed by atoms with E-state index >= 15 is 0 Å². The zero-order valence-electron chi connectivity index (χ0n) is 12.9. The van der Waals surface area contributed by atoms with Gasteiger partial charge in [-0.3, -0.25) is 0 Å². The first-order chi connectivity index (χ1) is 11.3. The second-order valence-electron chi connectivity index (χ2n) is 5.32. The summed E-state index contributed by atoms with van der Waals surface area (Å²) < 4.78 is 6.16. The third-order valence-corrected chi connectivity index (χ3v) is 3.94. The molecule has 3 rings (SSSR count). The van der Waals surface area contributed by atoms with E-state index in [0.717, 1.165) is 16.3 Å². The second kappa shape index (κ2) is 6.47. The summed E-state index contributed by atoms with van der Waals surface area (Å²) in [5.41, 5.74) is -0.218. The zero-order chi connectivity index (χ0) is 16.1. The molecule has 0 aromatic heterocycles. The Morgan fingerprint density at radius 3 is 2.35 bits per heavy atom. The molecule has 0 heterocycles. The number of benzene rings is 3. The topological polar surface area (TPSA) is 38.7 Å². The number of ether oxygens (including phenoxy) is 1. The van der Waals surface area contributed by atoms with Crippen molar-refractivity contribution in [3.8, 4) is 5.75 Å². The fourth-order valence-corrected chi connectivity index (χ4v) is 2.70. The fourth-order valence-electron chi connectivity index (χ4n) is 2.70. The highest BCUT2D eigenvalue weighted by Gasteiger charge is 2.32. The summed E-state index contributed by atoms with van der Waals surface area (Å²) in [6, 6.07) is 23.5. The Bertz CT molecular complexity index is 854. The van der Waals surface area contributed by atoms with Crippen LogP contribution in [0.25, 0.3) is 10.8 Å². The van der Waals surface area contributed by atoms with Crippen molar-refractivity contribution >= 4 is 16.9 Å². The Kier molecular flexibility index (Phi) is 4.22. The van der Waals surface area contributed by atoms with Crippen LogP contribution < -0.4 is 4.74 Å². The molecule has 0 spiro atoms. The van der Waals surface area contributed by atoms with Crippen molar-refractivity contribution in [1.82, 2.24) is 0 Å². The fraction of sp³-hybridized carbons (Fsp3) is 0.150. The van der Waals surface area contributed by atoms with Gasteiger partial charge in [-0.15, -0.1) is 0 Å². The Morgan fingerprint density at radius 2 is 1.65 bits per heavy atom. The van der Waals surface area contributed by atoms with E-state index in [1.165, 1.54) is 0 Å². The lowest BCUT2D eigenvalue weighted by molar-refractivity contribution is 0.0718. The van der Waals surface area contributed by atoms with E-state index in [0.29, 0.717) is 12.2 Å². The largest absolute Gasteiger partial charge is 0.461 e. The maximum atomic E-state index is 11.0. The zero-order valence-corrected chi connectivity index (χ0v) is 12.9. The smallest absolute Gasteiger partial charge is 0.239 e. The molecule has 3 aromatic carbocycles. The van der Waals surface area contributed by atoms with E-state index in [1.807, 2.05) is 79.7 Å². The molecule has 3 nitrogen and oxygen atoms in total. The molecule has 23 heavy (non-hydrogen) atoms. The number of fused-ring (bicyclic) bond motifs is 1. The van der Waals surface area contributed by atoms with Crippen LogP contribution in [0.3, 0.4) is 0 Å². The van der Waals surface area contributed by atoms with Gasteiger partial charge in [0.25, 0.3) is 0 Å². The summed E-state index contributed by atoms with van der Waals surface area (Å²) in [7, 11) is 0. The average Bonchev–Trinajstić information content (AvgIpc) is 2.62. The molecular formula is C20H17NO2. The van der Waals surface area contributed by atoms with Crippen molar-refractivity contribution in [3.05, 3.63) is 78.4 Å². The van der Waals surface area contributed by atoms with Crippen molar-refractivity contribution in [3.63, 3.8) is 0 Å². The number of hydrogen-bond donors (Lipinski definition) is 0. The lowest BCUT2D eigenvalue weighted by atomic mass is 10.0. The van der Waals surface area contributed by atoms with Gasteiger partial charge in [-0.05, 0) is 22.9 Å². The number of carbonyl (C=O) groups excluding carboxylic acids is 1. The van der Waals surface area contributed by atoms with Crippen LogP contribution in [0, 0.1) is 0 Å². The Labute approximate surface area is 135 Å². The SMILES string of the molecule is CCC(N=C=O)(Oc1ccc2ccccc2c1)c1ccccc1. The van der Waals surface area contributed by atoms with Crippen molar-refractivity contribution < 1.29 is 9.53 Å². The van der Waals surface area contributed by atoms with Crippen LogP contribution in [-0.4, -0.2) is 6.08 Å². The minimum Gasteiger partial charge on any atom is -0.461 e. The van der Waals surface area contributed by atoms with Gasteiger partial charge in [0, 0.05) is 12.0 Å². The highest BCUT2D eigenvalue weighted by Crippen LogP contribution is 2.33. The highest BCUT2D eigenvalue weighted by atomic mass is 16.5. The van der Waals surface area contributed by atoms with Gasteiger partial charge in [0.2, 0.25) is 11.8 Å². The minimum absolute atomic E-state index is 0.527. The van der Waals surface area contributed by atoms with E-state index in [2.05, 4.69) is 4.99 Å². The number of nitrogens with zero attached hydrogens (tertiary/aromatic N) is 1. The van der Waals surface area contributed by atoms with Crippen molar-refractivity contribution in [1.29, 1.82) is 0 Å². The molecule has 0 amide bonds. The maximum Gasteiger partial charge on any atom is 0.239 e. The molecular weight excluding hydrogens is 286 g/mol. The third-order valence-electron chi connectivity index (χ3n) is 3.94. The van der Waals surface area contributed by atoms with E-state index in [4.69, 9.17) is 4.74 Å². The molecule has 0 saturated heterocycles. The molecule has 0 saturated carbocycles. The summed E-state index contributed by atoms with van der Waals surface area (Å²) in [6.45, 7) is 1.94. The number of hydrogen-bond acceptors (Lipinski definition) is 3. The van der Waals surface area contributed by atoms with Crippen LogP contribution in [0.4, 0.5) is 0 Å². The average molecular weight is 303 g/mol. The number of isocyanates is 1. The molecule has 0 aliphatic heterocycles. The van der Waals surface area contributed by atoms with Gasteiger partial charge >= 0.3 is 0 Å². The van der Waals surface area contributed by atoms with Gasteiger partial charge in [-0.2, -0.15) is 4.99 Å². The van der Waals surface area contributed by atoms with Crippen LogP contribution >= 0.6 is 0 Å². The summed E-state index contributed by atoms with van der Waals surface area (Å²) in [6.07, 6.45) is 2.19. The molecule has 0 radical (unpaired) electrons. The van der Waals surface area contributed by atoms with Crippen molar-refractivity contribution in [2.24, 2.45) is 4.99 Å². The molecule has 3 heteroatoms. The van der Waals surface area contributed by atoms with E-state index < -0.39 is 5.72 Å². The molecule has 114 valence electrons. The first-order valence-corrected chi connectivity index (χ1v) is 7.60. The maximum absolute atomic E-state index is 11.0. The Hall–Kier alpha value is -2.90. The van der Waals surface area contributed by atoms with Gasteiger partial charge < -0.3 is 4.74 Å². The van der Waals surface area contributed by atoms with Gasteiger partial charge in [-0.1, -0.05) is 67.6 Å². The number of rotatable bonds is 5. The van der Waals surface area contributed by atoms with Crippen LogP contribution in [-0.2, 0) is 10.5 Å². The Balaban J connectivity index is 2.05. The third kappa shape index (κ3) is 3.01. The standard InChI is InChI=1S/C20H17NO2/c1-2-20(21-15-22,18-10-4-3-5-11-18)23-19-13-12-16-8-6-7-9-17(16)14-19/h3-14H,2H2,1H3.